The molecule has 6 heterocycles. The van der Waals surface area contributed by atoms with Crippen molar-refractivity contribution in [2.75, 3.05) is 6.61 Å². The van der Waals surface area contributed by atoms with E-state index in [1.54, 1.807) is 12.1 Å². The molecule has 7 rings (SSSR count). The van der Waals surface area contributed by atoms with Crippen LogP contribution in [0.15, 0.2) is 30.3 Å². The van der Waals surface area contributed by atoms with Gasteiger partial charge in [-0.1, -0.05) is 212 Å². The van der Waals surface area contributed by atoms with Gasteiger partial charge in [-0.3, -0.25) is 19.2 Å². The number of benzene rings is 1. The molecule has 1 aromatic rings. The average molecular weight is 1720 g/mol. The zero-order valence-corrected chi connectivity index (χ0v) is 84.4. The number of rotatable bonds is 45. The Kier molecular flexibility index (Phi) is 48.7. The Hall–Kier alpha value is -3.71. The Morgan fingerprint density at radius 2 is 0.541 bits per heavy atom. The quantitative estimate of drug-likeness (QED) is 0.0172. The Bertz CT molecular complexity index is 2960. The molecule has 0 radical (unpaired) electrons. The van der Waals surface area contributed by atoms with Crippen LogP contribution in [0.2, 0.25) is 0 Å². The van der Waals surface area contributed by atoms with Crippen LogP contribution in [-0.2, 0) is 38.1 Å². The Morgan fingerprint density at radius 1 is 0.303 bits per heavy atom. The Labute approximate surface area is 750 Å². The molecule has 6 saturated heterocycles. The van der Waals surface area contributed by atoms with Crippen molar-refractivity contribution < 1.29 is 53.1 Å². The molecule has 1 aromatic carbocycles. The van der Waals surface area contributed by atoms with E-state index in [2.05, 4.69) is 219 Å². The number of nitrogens with one attached hydrogen (secondary N) is 6. The molecule has 0 atom stereocenters. The molecule has 0 unspecified atom stereocenters. The minimum absolute atomic E-state index is 0.00329. The summed E-state index contributed by atoms with van der Waals surface area (Å²) in [6, 6.07) is 9.19. The fraction of sp³-hybridized carbons (Fsp3) is 0.895. The van der Waals surface area contributed by atoms with Crippen LogP contribution in [-0.4, -0.2) is 138 Å². The van der Waals surface area contributed by atoms with Crippen molar-refractivity contribution in [2.24, 2.45) is 17.3 Å². The monoisotopic (exact) mass is 1720 g/mol. The van der Waals surface area contributed by atoms with Crippen molar-refractivity contribution in [3.8, 4) is 0 Å². The highest BCUT2D eigenvalue weighted by Crippen LogP contribution is 2.56. The van der Waals surface area contributed by atoms with Crippen molar-refractivity contribution in [1.29, 1.82) is 0 Å². The van der Waals surface area contributed by atoms with Crippen LogP contribution in [0.1, 0.15) is 499 Å². The molecule has 122 heavy (non-hydrogen) atoms. The van der Waals surface area contributed by atoms with Gasteiger partial charge in [0.2, 0.25) is 0 Å². The largest absolute Gasteiger partial charge is 0.481 e. The lowest BCUT2D eigenvalue weighted by molar-refractivity contribution is -0.166. The molecule has 17 heteroatoms. The van der Waals surface area contributed by atoms with E-state index in [4.69, 9.17) is 18.9 Å². The van der Waals surface area contributed by atoms with Crippen molar-refractivity contribution in [3.63, 3.8) is 0 Å². The number of aliphatic carboxylic acids is 2. The molecular formula is C105H196N6O11. The van der Waals surface area contributed by atoms with E-state index in [0.29, 0.717) is 37.4 Å². The summed E-state index contributed by atoms with van der Waals surface area (Å²) in [6.45, 7) is 60.2. The number of ether oxygens (including phenoxy) is 4. The van der Waals surface area contributed by atoms with Crippen LogP contribution in [0.4, 0.5) is 0 Å². The highest BCUT2D eigenvalue weighted by Gasteiger charge is 2.59. The second-order valence-corrected chi connectivity index (χ2v) is 46.9. The van der Waals surface area contributed by atoms with Crippen molar-refractivity contribution in [2.45, 2.75) is 580 Å². The van der Waals surface area contributed by atoms with E-state index in [0.717, 1.165) is 109 Å². The fourth-order valence-corrected chi connectivity index (χ4v) is 23.0. The summed E-state index contributed by atoms with van der Waals surface area (Å²) in [5.74, 6) is -1.86. The first-order valence-electron chi connectivity index (χ1n) is 50.0. The van der Waals surface area contributed by atoms with E-state index in [9.17, 15) is 34.2 Å². The third-order valence-corrected chi connectivity index (χ3v) is 26.0. The second-order valence-electron chi connectivity index (χ2n) is 46.9. The van der Waals surface area contributed by atoms with E-state index in [1.807, 2.05) is 18.2 Å². The highest BCUT2D eigenvalue weighted by molar-refractivity contribution is 5.89. The van der Waals surface area contributed by atoms with Gasteiger partial charge in [-0.05, 0) is 261 Å². The number of piperidine rings is 6. The first kappa shape index (κ1) is 112. The van der Waals surface area contributed by atoms with Crippen molar-refractivity contribution in [3.05, 3.63) is 35.9 Å². The Morgan fingerprint density at radius 3 is 0.803 bits per heavy atom. The number of esters is 3. The molecule has 0 saturated carbocycles. The minimum Gasteiger partial charge on any atom is -0.481 e. The Balaban J connectivity index is 0.000000398. The summed E-state index contributed by atoms with van der Waals surface area (Å²) in [6.07, 6.45) is 53.3. The van der Waals surface area contributed by atoms with Crippen LogP contribution in [0.3, 0.4) is 0 Å². The number of carbonyl (C=O) groups excluding carboxylic acids is 3. The van der Waals surface area contributed by atoms with Crippen molar-refractivity contribution in [1.82, 2.24) is 31.9 Å². The maximum atomic E-state index is 13.2. The van der Waals surface area contributed by atoms with Gasteiger partial charge in [0.05, 0.1) is 17.1 Å². The molecule has 6 fully saturated rings. The molecule has 17 nitrogen and oxygen atoms in total. The third-order valence-electron chi connectivity index (χ3n) is 26.0. The standard InChI is InChI=1S/C27H55NO.C24H44N2O4.C21H41NO2.C17H33NO2.C16H23NO2/c1-6-7-8-9-10-11-12-13-14-15-16-17-18-19-20-21-22-29-25-23-26(2,3)28-27(4,5)24-25;1-20(2)12-16(13-21(3,4)25-20)24(19(29)30,11-9-10-18(27)28)17-14-22(5,6)26-23(7,8)15-17;1-6-7-8-9-10-11-12-13-14-15-19(23)24-18-16-20(2,3)22-21(4,5)17-18;1-6-7-8-9-10-11-15(19)20-14-12-16(2,3)18-17(4,5)13-14;1-15(2)10-13(11-16(3,4)17-15)19-14(18)12-8-6-5-7-9-12/h25,28H,6-24H2,1-5H3;16-17,25-26H,9-15H2,1-8H3,(H,27,28)(H,29,30);18,22H,6-17H2,1-5H3;14,18H,6-13H2,1-5H3;5-9,13,17H,10-11H2,1-4H3. The van der Waals surface area contributed by atoms with Gasteiger partial charge in [0, 0.05) is 131 Å². The van der Waals surface area contributed by atoms with Crippen LogP contribution in [0, 0.1) is 17.3 Å². The molecule has 0 bridgehead atoms. The van der Waals surface area contributed by atoms with E-state index >= 15 is 0 Å². The predicted octanol–water partition coefficient (Wildman–Crippen LogP) is 26.1. The first-order chi connectivity index (χ1) is 56.5. The van der Waals surface area contributed by atoms with Crippen LogP contribution in [0.25, 0.3) is 0 Å². The molecule has 0 aliphatic carbocycles. The molecule has 6 aliphatic rings. The van der Waals surface area contributed by atoms with E-state index in [-0.39, 0.29) is 121 Å². The summed E-state index contributed by atoms with van der Waals surface area (Å²) >= 11 is 0. The molecule has 0 amide bonds. The van der Waals surface area contributed by atoms with E-state index in [1.165, 1.54) is 167 Å². The molecule has 0 aromatic heterocycles. The first-order valence-corrected chi connectivity index (χ1v) is 50.0. The average Bonchev–Trinajstić information content (AvgIpc) is 0.732. The maximum Gasteiger partial charge on any atom is 0.338 e. The van der Waals surface area contributed by atoms with Crippen LogP contribution in [0.5, 0.6) is 0 Å². The normalized spacial score (nSPS) is 21.9. The summed E-state index contributed by atoms with van der Waals surface area (Å²) in [4.78, 5) is 60.5. The number of hydrogen-bond acceptors (Lipinski definition) is 15. The number of carbonyl (C=O) groups is 5. The van der Waals surface area contributed by atoms with Crippen molar-refractivity contribution >= 4 is 29.8 Å². The zero-order valence-electron chi connectivity index (χ0n) is 84.4. The lowest BCUT2D eigenvalue weighted by atomic mass is 9.52. The van der Waals surface area contributed by atoms with Gasteiger partial charge in [0.15, 0.2) is 0 Å². The maximum absolute atomic E-state index is 13.2. The van der Waals surface area contributed by atoms with Gasteiger partial charge >= 0.3 is 29.8 Å². The SMILES string of the molecule is CC1(C)CC(C(CCCC(=O)O)(C(=O)O)C2CC(C)(C)NC(C)(C)C2)CC(C)(C)N1.CC1(C)CC(OC(=O)c2ccccc2)CC(C)(C)N1.CCCCCCCC(=O)OC1CC(C)(C)NC(C)(C)C1.CCCCCCCCCCCC(=O)OC1CC(C)(C)NC(C)(C)C1.CCCCCCCCCCCCCCCCCCOC1CC(C)(C)NC(C)(C)C1. The zero-order chi connectivity index (χ0) is 92.0. The van der Waals surface area contributed by atoms with Gasteiger partial charge in [0.1, 0.15) is 18.3 Å². The highest BCUT2D eigenvalue weighted by atomic mass is 16.6. The minimum atomic E-state index is -0.928. The third kappa shape index (κ3) is 48.6. The molecule has 0 spiro atoms. The predicted molar refractivity (Wildman–Crippen MR) is 512 cm³/mol. The number of carboxylic acid groups (broad SMARTS) is 2. The summed E-state index contributed by atoms with van der Waals surface area (Å²) in [5.41, 5.74) is -0.476. The smallest absolute Gasteiger partial charge is 0.338 e. The van der Waals surface area contributed by atoms with Crippen LogP contribution < -0.4 is 31.9 Å². The lowest BCUT2D eigenvalue weighted by Crippen LogP contribution is -2.65. The summed E-state index contributed by atoms with van der Waals surface area (Å²) in [7, 11) is 0. The number of hydrogen-bond donors (Lipinski definition) is 8. The second kappa shape index (κ2) is 52.8. The van der Waals surface area contributed by atoms with Gasteiger partial charge in [-0.2, -0.15) is 0 Å². The molecule has 8 N–H and O–H groups in total. The topological polar surface area (TPSA) is 235 Å². The summed E-state index contributed by atoms with van der Waals surface area (Å²) < 4.78 is 23.3. The van der Waals surface area contributed by atoms with Crippen LogP contribution >= 0.6 is 0 Å². The number of unbranched alkanes of at least 4 members (excludes halogenated alkanes) is 27. The summed E-state index contributed by atoms with van der Waals surface area (Å²) in [5, 5.41) is 41.9. The van der Waals surface area contributed by atoms with E-state index < -0.39 is 17.4 Å². The molecular weight excluding hydrogens is 1520 g/mol. The van der Waals surface area contributed by atoms with Gasteiger partial charge in [-0.25, -0.2) is 4.79 Å². The van der Waals surface area contributed by atoms with Gasteiger partial charge in [-0.15, -0.1) is 0 Å². The molecule has 6 aliphatic heterocycles. The number of carboxylic acids is 2. The lowest BCUT2D eigenvalue weighted by Gasteiger charge is -2.57. The van der Waals surface area contributed by atoms with Gasteiger partial charge in [0.25, 0.3) is 0 Å². The fourth-order valence-electron chi connectivity index (χ4n) is 23.0. The molecule has 712 valence electrons. The van der Waals surface area contributed by atoms with Gasteiger partial charge < -0.3 is 61.1 Å².